The molecule has 0 radical (unpaired) electrons. The Morgan fingerprint density at radius 1 is 1.24 bits per heavy atom. The van der Waals surface area contributed by atoms with Crippen LogP contribution in [0.15, 0.2) is 24.3 Å². The van der Waals surface area contributed by atoms with Crippen LogP contribution in [0.2, 0.25) is 0 Å². The summed E-state index contributed by atoms with van der Waals surface area (Å²) in [6.45, 7) is 4.16. The number of nitrogens with one attached hydrogen (secondary N) is 1. The smallest absolute Gasteiger partial charge is 0.320 e. The molecule has 42 heavy (non-hydrogen) atoms. The average molecular weight is 595 g/mol. The lowest BCUT2D eigenvalue weighted by molar-refractivity contribution is 0.106. The Hall–Kier alpha value is -3.66. The predicted octanol–water partition coefficient (Wildman–Crippen LogP) is 5.33. The van der Waals surface area contributed by atoms with E-state index in [0.717, 1.165) is 43.7 Å². The van der Waals surface area contributed by atoms with Crippen LogP contribution in [0.1, 0.15) is 38.2 Å². The lowest BCUT2D eigenvalue weighted by Crippen LogP contribution is -2.43. The molecule has 2 aromatic heterocycles. The van der Waals surface area contributed by atoms with Crippen molar-refractivity contribution in [1.29, 1.82) is 5.26 Å². The Labute approximate surface area is 244 Å². The van der Waals surface area contributed by atoms with Gasteiger partial charge in [-0.1, -0.05) is 12.1 Å². The summed E-state index contributed by atoms with van der Waals surface area (Å²) in [5, 5.41) is 13.9. The highest BCUT2D eigenvalue weighted by Gasteiger charge is 2.49. The normalized spacial score (nSPS) is 25.7. The highest BCUT2D eigenvalue weighted by Crippen LogP contribution is 2.44. The molecule has 3 aliphatic rings. The number of alkyl halides is 1. The highest BCUT2D eigenvalue weighted by molar-refractivity contribution is 7.23. The molecule has 0 bridgehead atoms. The molecular formula is C30H29F3N6O2S. The van der Waals surface area contributed by atoms with Gasteiger partial charge < -0.3 is 20.5 Å². The third-order valence-corrected chi connectivity index (χ3v) is 9.95. The lowest BCUT2D eigenvalue weighted by atomic mass is 9.95. The summed E-state index contributed by atoms with van der Waals surface area (Å²) in [5.41, 5.74) is 6.11. The molecule has 4 atom stereocenters. The van der Waals surface area contributed by atoms with Crippen LogP contribution >= 0.6 is 11.3 Å². The van der Waals surface area contributed by atoms with Gasteiger partial charge in [0, 0.05) is 30.0 Å². The monoisotopic (exact) mass is 594 g/mol. The van der Waals surface area contributed by atoms with Crippen molar-refractivity contribution in [3.8, 4) is 29.1 Å². The van der Waals surface area contributed by atoms with Gasteiger partial charge in [-0.15, -0.1) is 11.3 Å². The van der Waals surface area contributed by atoms with E-state index in [2.05, 4.69) is 20.2 Å². The Morgan fingerprint density at radius 3 is 2.86 bits per heavy atom. The summed E-state index contributed by atoms with van der Waals surface area (Å²) >= 11 is 0.952. The molecule has 0 unspecified atom stereocenters. The van der Waals surface area contributed by atoms with Crippen molar-refractivity contribution in [3.63, 3.8) is 0 Å². The molecule has 7 rings (SSSR count). The molecule has 4 aromatic rings. The predicted molar refractivity (Wildman–Crippen MR) is 154 cm³/mol. The van der Waals surface area contributed by atoms with Crippen LogP contribution < -0.4 is 20.5 Å². The van der Waals surface area contributed by atoms with Crippen LogP contribution in [0.25, 0.3) is 32.1 Å². The fourth-order valence-electron chi connectivity index (χ4n) is 6.79. The van der Waals surface area contributed by atoms with E-state index >= 15 is 4.39 Å². The molecule has 3 N–H and O–H groups in total. The zero-order valence-corrected chi connectivity index (χ0v) is 23.7. The number of nitrogens with zero attached hydrogens (tertiary/aromatic N) is 4. The first-order chi connectivity index (χ1) is 20.3. The van der Waals surface area contributed by atoms with Crippen LogP contribution in [-0.4, -0.2) is 65.0 Å². The number of nitrogen functional groups attached to an aromatic ring is 1. The number of hydrogen-bond donors (Lipinski definition) is 2. The Kier molecular flexibility index (Phi) is 6.64. The number of hydrogen-bond acceptors (Lipinski definition) is 9. The largest absolute Gasteiger partial charge is 0.472 e. The molecule has 2 aromatic carbocycles. The van der Waals surface area contributed by atoms with Gasteiger partial charge in [0.25, 0.3) is 0 Å². The number of thiophene rings is 1. The van der Waals surface area contributed by atoms with Gasteiger partial charge in [0.15, 0.2) is 5.82 Å². The molecule has 3 saturated heterocycles. The van der Waals surface area contributed by atoms with Gasteiger partial charge in [-0.2, -0.15) is 15.2 Å². The average Bonchev–Trinajstić information content (AvgIpc) is 3.71. The van der Waals surface area contributed by atoms with E-state index in [4.69, 9.17) is 15.2 Å². The fourth-order valence-corrected chi connectivity index (χ4v) is 7.74. The second-order valence-corrected chi connectivity index (χ2v) is 12.5. The zero-order valence-electron chi connectivity index (χ0n) is 22.9. The molecule has 0 amide bonds. The summed E-state index contributed by atoms with van der Waals surface area (Å²) in [6.07, 6.45) is 1.78. The molecule has 8 nitrogen and oxygen atoms in total. The van der Waals surface area contributed by atoms with E-state index in [0.29, 0.717) is 23.9 Å². The zero-order chi connectivity index (χ0) is 29.2. The van der Waals surface area contributed by atoms with Gasteiger partial charge in [-0.05, 0) is 57.0 Å². The maximum Gasteiger partial charge on any atom is 0.320 e. The molecular weight excluding hydrogens is 565 g/mol. The minimum atomic E-state index is -0.918. The van der Waals surface area contributed by atoms with E-state index < -0.39 is 23.3 Å². The number of anilines is 1. The second kappa shape index (κ2) is 10.3. The Morgan fingerprint density at radius 2 is 2.07 bits per heavy atom. The van der Waals surface area contributed by atoms with Gasteiger partial charge in [0.05, 0.1) is 21.2 Å². The second-order valence-electron chi connectivity index (χ2n) is 11.4. The van der Waals surface area contributed by atoms with Crippen molar-refractivity contribution in [2.45, 2.75) is 56.5 Å². The van der Waals surface area contributed by atoms with Gasteiger partial charge in [-0.25, -0.2) is 13.2 Å². The van der Waals surface area contributed by atoms with Crippen molar-refractivity contribution in [2.75, 3.05) is 32.0 Å². The summed E-state index contributed by atoms with van der Waals surface area (Å²) in [6, 6.07) is 7.94. The standard InChI is InChI=1S/C30H29F3N6O2S/c1-15-22(7-9-36-15)41-28-19-4-3-18(17-5-6-21(32)26-23(17)20(12-34)27(35)42-26)24(33)25(19)37-29(38-28)40-14-30-8-2-10-39(30)13-16(31)11-30/h3-6,15-16,22,36H,2,7-11,13-14,35H2,1H3/t15-,16-,22-,30+/m1/s1. The third kappa shape index (κ3) is 4.33. The number of nitriles is 1. The summed E-state index contributed by atoms with van der Waals surface area (Å²) in [5.74, 6) is -1.03. The topological polar surface area (TPSA) is 109 Å². The van der Waals surface area contributed by atoms with Crippen LogP contribution in [-0.2, 0) is 0 Å². The fraction of sp³-hybridized carbons (Fsp3) is 0.433. The van der Waals surface area contributed by atoms with Gasteiger partial charge in [0.2, 0.25) is 5.88 Å². The number of aromatic nitrogens is 2. The van der Waals surface area contributed by atoms with Gasteiger partial charge in [-0.3, -0.25) is 4.90 Å². The molecule has 12 heteroatoms. The maximum atomic E-state index is 16.5. The molecule has 3 aliphatic heterocycles. The van der Waals surface area contributed by atoms with Crippen molar-refractivity contribution in [2.24, 2.45) is 0 Å². The molecule has 218 valence electrons. The van der Waals surface area contributed by atoms with Gasteiger partial charge in [0.1, 0.15) is 41.3 Å². The molecule has 3 fully saturated rings. The van der Waals surface area contributed by atoms with Crippen molar-refractivity contribution < 1.29 is 22.6 Å². The quantitative estimate of drug-likeness (QED) is 0.309. The minimum Gasteiger partial charge on any atom is -0.472 e. The maximum absolute atomic E-state index is 16.5. The number of nitrogens with two attached hydrogens (primary N) is 1. The molecule has 0 saturated carbocycles. The number of halogens is 3. The van der Waals surface area contributed by atoms with Crippen LogP contribution in [0.3, 0.4) is 0 Å². The summed E-state index contributed by atoms with van der Waals surface area (Å²) in [7, 11) is 0. The SMILES string of the molecule is C[C@H]1NCC[C@H]1Oc1nc(OC[C@@]23CCCN2C[C@H](F)C3)nc2c(F)c(-c3ccc(F)c4sc(N)c(C#N)c34)ccc12. The lowest BCUT2D eigenvalue weighted by Gasteiger charge is -2.30. The van der Waals surface area contributed by atoms with E-state index in [9.17, 15) is 14.0 Å². The first kappa shape index (κ1) is 27.2. The number of ether oxygens (including phenoxy) is 2. The van der Waals surface area contributed by atoms with Crippen molar-refractivity contribution in [1.82, 2.24) is 20.2 Å². The first-order valence-electron chi connectivity index (χ1n) is 14.1. The van der Waals surface area contributed by atoms with Gasteiger partial charge >= 0.3 is 6.01 Å². The number of benzene rings is 2. The Balaban J connectivity index is 1.34. The molecule has 0 aliphatic carbocycles. The Bertz CT molecular complexity index is 1760. The number of fused-ring (bicyclic) bond motifs is 3. The summed E-state index contributed by atoms with van der Waals surface area (Å²) < 4.78 is 58.1. The highest BCUT2D eigenvalue weighted by atomic mass is 32.1. The van der Waals surface area contributed by atoms with Crippen molar-refractivity contribution in [3.05, 3.63) is 41.5 Å². The number of rotatable bonds is 6. The third-order valence-electron chi connectivity index (χ3n) is 8.92. The van der Waals surface area contributed by atoms with Crippen LogP contribution in [0, 0.1) is 23.0 Å². The minimum absolute atomic E-state index is 0.0270. The van der Waals surface area contributed by atoms with E-state index in [1.165, 1.54) is 12.1 Å². The first-order valence-corrected chi connectivity index (χ1v) is 14.9. The molecule has 5 heterocycles. The summed E-state index contributed by atoms with van der Waals surface area (Å²) in [4.78, 5) is 11.2. The molecule has 0 spiro atoms. The van der Waals surface area contributed by atoms with E-state index in [1.54, 1.807) is 12.1 Å². The van der Waals surface area contributed by atoms with Crippen molar-refractivity contribution >= 4 is 37.3 Å². The van der Waals surface area contributed by atoms with Crippen LogP contribution in [0.5, 0.6) is 11.9 Å². The van der Waals surface area contributed by atoms with E-state index in [1.807, 2.05) is 13.0 Å². The van der Waals surface area contributed by atoms with Crippen LogP contribution in [0.4, 0.5) is 18.2 Å². The van der Waals surface area contributed by atoms with E-state index in [-0.39, 0.29) is 62.4 Å².